The molecule has 0 aromatic heterocycles. The zero-order valence-electron chi connectivity index (χ0n) is 16.1. The van der Waals surface area contributed by atoms with Crippen LogP contribution in [0.5, 0.6) is 0 Å². The van der Waals surface area contributed by atoms with E-state index in [1.54, 1.807) is 22.8 Å². The largest absolute Gasteiger partial charge is 0.417 e. The van der Waals surface area contributed by atoms with E-state index in [-0.39, 0.29) is 17.0 Å². The van der Waals surface area contributed by atoms with Gasteiger partial charge in [-0.1, -0.05) is 6.92 Å². The number of carbonyl (C=O) groups excluding carboxylic acids is 2. The van der Waals surface area contributed by atoms with E-state index in [9.17, 15) is 22.8 Å². The highest BCUT2D eigenvalue weighted by Gasteiger charge is 2.48. The molecule has 156 valence electrons. The first kappa shape index (κ1) is 21.0. The molecule has 1 aromatic rings. The molecule has 1 spiro atoms. The van der Waals surface area contributed by atoms with Crippen LogP contribution in [0.15, 0.2) is 18.2 Å². The number of hydrogen-bond donors (Lipinski definition) is 1. The molecule has 0 radical (unpaired) electrons. The maximum atomic E-state index is 13.4. The van der Waals surface area contributed by atoms with Crippen LogP contribution in [-0.4, -0.2) is 42.4 Å². The van der Waals surface area contributed by atoms with Gasteiger partial charge in [0.15, 0.2) is 0 Å². The minimum atomic E-state index is -4.67. The van der Waals surface area contributed by atoms with E-state index in [0.29, 0.717) is 45.3 Å². The summed E-state index contributed by atoms with van der Waals surface area (Å²) >= 11 is 0. The Bertz CT molecular complexity index is 854. The summed E-state index contributed by atoms with van der Waals surface area (Å²) in [6.07, 6.45) is -2.47. The molecule has 0 saturated carbocycles. The summed E-state index contributed by atoms with van der Waals surface area (Å²) in [5.41, 5.74) is 4.03. The van der Waals surface area contributed by atoms with Gasteiger partial charge in [-0.15, -0.1) is 0 Å². The number of halogens is 3. The standard InChI is InChI=1S/C20H23F3N4O2/c1-2-17(28)26-7-5-19(6-8-26)10-16(18(25)29)27(12-19)14-4-3-13(11-24)15(9-14)20(21,22)23/h3-4,9,16H,2,5-8,10,12H2,1H3,(H2,25,29). The minimum absolute atomic E-state index is 0.0723. The molecular weight excluding hydrogens is 385 g/mol. The van der Waals surface area contributed by atoms with Crippen LogP contribution in [-0.2, 0) is 15.8 Å². The van der Waals surface area contributed by atoms with Crippen LogP contribution in [0.3, 0.4) is 0 Å². The predicted octanol–water partition coefficient (Wildman–Crippen LogP) is 2.66. The molecule has 2 saturated heterocycles. The van der Waals surface area contributed by atoms with Crippen molar-refractivity contribution in [2.45, 2.75) is 44.8 Å². The highest BCUT2D eigenvalue weighted by molar-refractivity contribution is 5.85. The maximum Gasteiger partial charge on any atom is 0.417 e. The third kappa shape index (κ3) is 4.02. The van der Waals surface area contributed by atoms with Crippen LogP contribution in [0.1, 0.15) is 43.7 Å². The lowest BCUT2D eigenvalue weighted by molar-refractivity contribution is -0.137. The van der Waals surface area contributed by atoms with Crippen molar-refractivity contribution in [2.75, 3.05) is 24.5 Å². The zero-order chi connectivity index (χ0) is 21.4. The zero-order valence-corrected chi connectivity index (χ0v) is 16.1. The van der Waals surface area contributed by atoms with Gasteiger partial charge in [0, 0.05) is 31.7 Å². The van der Waals surface area contributed by atoms with Gasteiger partial charge < -0.3 is 15.5 Å². The lowest BCUT2D eigenvalue weighted by atomic mass is 9.76. The Balaban J connectivity index is 1.89. The van der Waals surface area contributed by atoms with Gasteiger partial charge in [-0.2, -0.15) is 18.4 Å². The van der Waals surface area contributed by atoms with Crippen LogP contribution >= 0.6 is 0 Å². The number of anilines is 1. The van der Waals surface area contributed by atoms with Gasteiger partial charge in [-0.3, -0.25) is 9.59 Å². The second kappa shape index (κ2) is 7.58. The highest BCUT2D eigenvalue weighted by atomic mass is 19.4. The lowest BCUT2D eigenvalue weighted by Gasteiger charge is -2.39. The first-order valence-electron chi connectivity index (χ1n) is 9.55. The van der Waals surface area contributed by atoms with Crippen molar-refractivity contribution in [3.05, 3.63) is 29.3 Å². The fraction of sp³-hybridized carbons (Fsp3) is 0.550. The van der Waals surface area contributed by atoms with Crippen molar-refractivity contribution < 1.29 is 22.8 Å². The molecule has 2 amide bonds. The number of rotatable bonds is 3. The number of piperidine rings is 1. The fourth-order valence-electron chi connectivity index (χ4n) is 4.44. The molecule has 2 fully saturated rings. The molecule has 6 nitrogen and oxygen atoms in total. The summed E-state index contributed by atoms with van der Waals surface area (Å²) in [5, 5.41) is 9.00. The molecule has 1 unspecified atom stereocenters. The summed E-state index contributed by atoms with van der Waals surface area (Å²) in [6, 6.07) is 4.32. The number of amides is 2. The van der Waals surface area contributed by atoms with Crippen LogP contribution < -0.4 is 10.6 Å². The van der Waals surface area contributed by atoms with Gasteiger partial charge in [-0.05, 0) is 42.9 Å². The van der Waals surface area contributed by atoms with E-state index in [4.69, 9.17) is 11.0 Å². The van der Waals surface area contributed by atoms with Gasteiger partial charge in [0.25, 0.3) is 0 Å². The molecule has 9 heteroatoms. The average molecular weight is 408 g/mol. The summed E-state index contributed by atoms with van der Waals surface area (Å²) in [7, 11) is 0. The van der Waals surface area contributed by atoms with Crippen molar-refractivity contribution in [2.24, 2.45) is 11.1 Å². The molecular formula is C20H23F3N4O2. The Morgan fingerprint density at radius 3 is 2.48 bits per heavy atom. The number of nitriles is 1. The molecule has 1 atom stereocenters. The van der Waals surface area contributed by atoms with Crippen LogP contribution in [0.4, 0.5) is 18.9 Å². The third-order valence-electron chi connectivity index (χ3n) is 6.08. The maximum absolute atomic E-state index is 13.4. The van der Waals surface area contributed by atoms with Gasteiger partial charge in [0.2, 0.25) is 11.8 Å². The number of nitrogens with two attached hydrogens (primary N) is 1. The van der Waals surface area contributed by atoms with Crippen LogP contribution in [0.25, 0.3) is 0 Å². The average Bonchev–Trinajstić information content (AvgIpc) is 3.06. The summed E-state index contributed by atoms with van der Waals surface area (Å²) in [5.74, 6) is -0.519. The molecule has 0 bridgehead atoms. The number of nitrogens with zero attached hydrogens (tertiary/aromatic N) is 3. The smallest absolute Gasteiger partial charge is 0.368 e. The Hall–Kier alpha value is -2.76. The van der Waals surface area contributed by atoms with Crippen LogP contribution in [0, 0.1) is 16.7 Å². The molecule has 2 heterocycles. The Kier molecular flexibility index (Phi) is 5.48. The number of carbonyl (C=O) groups is 2. The molecule has 0 aliphatic carbocycles. The molecule has 3 rings (SSSR count). The van der Waals surface area contributed by atoms with E-state index in [1.807, 2.05) is 0 Å². The fourth-order valence-corrected chi connectivity index (χ4v) is 4.44. The number of alkyl halides is 3. The predicted molar refractivity (Wildman–Crippen MR) is 99.6 cm³/mol. The van der Waals surface area contributed by atoms with Gasteiger partial charge >= 0.3 is 6.18 Å². The summed E-state index contributed by atoms with van der Waals surface area (Å²) < 4.78 is 40.1. The quantitative estimate of drug-likeness (QED) is 0.833. The molecule has 2 aliphatic rings. The minimum Gasteiger partial charge on any atom is -0.368 e. The second-order valence-electron chi connectivity index (χ2n) is 7.82. The molecule has 1 aromatic carbocycles. The highest BCUT2D eigenvalue weighted by Crippen LogP contribution is 2.46. The number of hydrogen-bond acceptors (Lipinski definition) is 4. The SMILES string of the molecule is CCC(=O)N1CCC2(CC1)CC(C(N)=O)N(c1ccc(C#N)c(C(F)(F)F)c1)C2. The van der Waals surface area contributed by atoms with E-state index < -0.39 is 29.3 Å². The Morgan fingerprint density at radius 2 is 1.97 bits per heavy atom. The molecule has 2 N–H and O–H groups in total. The van der Waals surface area contributed by atoms with Gasteiger partial charge in [-0.25, -0.2) is 0 Å². The lowest BCUT2D eigenvalue weighted by Crippen LogP contribution is -2.44. The van der Waals surface area contributed by atoms with Crippen molar-refractivity contribution >= 4 is 17.5 Å². The van der Waals surface area contributed by atoms with Crippen molar-refractivity contribution in [3.63, 3.8) is 0 Å². The van der Waals surface area contributed by atoms with Gasteiger partial charge in [0.05, 0.1) is 17.2 Å². The van der Waals surface area contributed by atoms with Crippen molar-refractivity contribution in [1.29, 1.82) is 5.26 Å². The van der Waals surface area contributed by atoms with E-state index in [2.05, 4.69) is 0 Å². The summed E-state index contributed by atoms with van der Waals surface area (Å²) in [4.78, 5) is 27.4. The Labute approximate surface area is 167 Å². The normalized spacial score (nSPS) is 21.3. The summed E-state index contributed by atoms with van der Waals surface area (Å²) in [6.45, 7) is 3.31. The van der Waals surface area contributed by atoms with Gasteiger partial charge in [0.1, 0.15) is 6.04 Å². The number of likely N-dealkylation sites (tertiary alicyclic amines) is 1. The van der Waals surface area contributed by atoms with Crippen molar-refractivity contribution in [3.8, 4) is 6.07 Å². The van der Waals surface area contributed by atoms with E-state index >= 15 is 0 Å². The molecule has 2 aliphatic heterocycles. The number of primary amides is 1. The first-order valence-corrected chi connectivity index (χ1v) is 9.55. The van der Waals surface area contributed by atoms with Crippen LogP contribution in [0.2, 0.25) is 0 Å². The number of benzene rings is 1. The first-order chi connectivity index (χ1) is 13.6. The third-order valence-corrected chi connectivity index (χ3v) is 6.08. The van der Waals surface area contributed by atoms with Crippen molar-refractivity contribution in [1.82, 2.24) is 4.90 Å². The monoisotopic (exact) mass is 408 g/mol. The van der Waals surface area contributed by atoms with E-state index in [1.165, 1.54) is 6.07 Å². The second-order valence-corrected chi connectivity index (χ2v) is 7.82. The molecule has 29 heavy (non-hydrogen) atoms. The topological polar surface area (TPSA) is 90.4 Å². The Morgan fingerprint density at radius 1 is 1.31 bits per heavy atom. The van der Waals surface area contributed by atoms with E-state index in [0.717, 1.165) is 12.1 Å².